The fraction of sp³-hybridized carbons (Fsp3) is 0.0714. The summed E-state index contributed by atoms with van der Waals surface area (Å²) >= 11 is 0. The van der Waals surface area contributed by atoms with Gasteiger partial charge in [-0.25, -0.2) is 9.78 Å². The van der Waals surface area contributed by atoms with E-state index in [1.807, 2.05) is 0 Å². The summed E-state index contributed by atoms with van der Waals surface area (Å²) in [5.74, 6) is -0.609. The highest BCUT2D eigenvalue weighted by molar-refractivity contribution is 5.88. The largest absolute Gasteiger partial charge is 0.478 e. The summed E-state index contributed by atoms with van der Waals surface area (Å²) in [5, 5.41) is 20.9. The van der Waals surface area contributed by atoms with Crippen molar-refractivity contribution >= 4 is 17.5 Å². The molecular weight excluding hydrogens is 242 g/mol. The van der Waals surface area contributed by atoms with E-state index in [0.29, 0.717) is 22.8 Å². The number of aryl methyl sites for hydroxylation is 1. The number of aromatic carboxylic acids is 1. The molecule has 1 aromatic carbocycles. The van der Waals surface area contributed by atoms with Crippen LogP contribution in [0.25, 0.3) is 0 Å². The number of hydrogen-bond donors (Lipinski definition) is 2. The zero-order valence-electron chi connectivity index (χ0n) is 10.2. The number of nitrogens with one attached hydrogen (secondary N) is 1. The van der Waals surface area contributed by atoms with Gasteiger partial charge in [0.25, 0.3) is 0 Å². The third kappa shape index (κ3) is 2.87. The lowest BCUT2D eigenvalue weighted by Gasteiger charge is -2.08. The average molecular weight is 253 g/mol. The first-order chi connectivity index (χ1) is 9.10. The van der Waals surface area contributed by atoms with Crippen molar-refractivity contribution in [3.8, 4) is 6.07 Å². The fourth-order valence-electron chi connectivity index (χ4n) is 1.68. The summed E-state index contributed by atoms with van der Waals surface area (Å²) in [4.78, 5) is 15.2. The number of carboxylic acid groups (broad SMARTS) is 1. The first kappa shape index (κ1) is 12.6. The second kappa shape index (κ2) is 5.19. The van der Waals surface area contributed by atoms with Gasteiger partial charge in [-0.05, 0) is 31.2 Å². The first-order valence-corrected chi connectivity index (χ1v) is 5.58. The number of benzene rings is 1. The Morgan fingerprint density at radius 3 is 2.79 bits per heavy atom. The zero-order chi connectivity index (χ0) is 13.8. The molecule has 1 aromatic heterocycles. The van der Waals surface area contributed by atoms with Gasteiger partial charge >= 0.3 is 5.97 Å². The Morgan fingerprint density at radius 2 is 2.11 bits per heavy atom. The van der Waals surface area contributed by atoms with Crippen molar-refractivity contribution in [3.63, 3.8) is 0 Å². The van der Waals surface area contributed by atoms with Gasteiger partial charge in [-0.2, -0.15) is 5.26 Å². The molecule has 0 spiro atoms. The standard InChI is InChI=1S/C14H11N3O2/c1-9-6-11(14(18)19)7-13(16-9)17-12-5-3-2-4-10(12)8-15/h2-7H,1H3,(H,16,17)(H,18,19). The van der Waals surface area contributed by atoms with Gasteiger partial charge in [0.1, 0.15) is 11.9 Å². The number of nitriles is 1. The number of carboxylic acids is 1. The van der Waals surface area contributed by atoms with Crippen LogP contribution in [0, 0.1) is 18.3 Å². The molecule has 2 aromatic rings. The van der Waals surface area contributed by atoms with E-state index in [1.54, 1.807) is 31.2 Å². The molecule has 1 heterocycles. The van der Waals surface area contributed by atoms with Gasteiger partial charge in [0.15, 0.2) is 0 Å². The molecule has 19 heavy (non-hydrogen) atoms. The summed E-state index contributed by atoms with van der Waals surface area (Å²) in [7, 11) is 0. The van der Waals surface area contributed by atoms with Gasteiger partial charge in [0.2, 0.25) is 0 Å². The molecule has 0 radical (unpaired) electrons. The van der Waals surface area contributed by atoms with Crippen LogP contribution in [0.15, 0.2) is 36.4 Å². The molecule has 0 saturated heterocycles. The number of aromatic nitrogens is 1. The average Bonchev–Trinajstić information content (AvgIpc) is 2.38. The maximum absolute atomic E-state index is 11.0. The quantitative estimate of drug-likeness (QED) is 0.878. The Bertz CT molecular complexity index is 675. The van der Waals surface area contributed by atoms with Crippen LogP contribution in [0.2, 0.25) is 0 Å². The number of hydrogen-bond acceptors (Lipinski definition) is 4. The lowest BCUT2D eigenvalue weighted by atomic mass is 10.2. The minimum atomic E-state index is -1.01. The Labute approximate surface area is 110 Å². The minimum Gasteiger partial charge on any atom is -0.478 e. The van der Waals surface area contributed by atoms with Gasteiger partial charge < -0.3 is 10.4 Å². The van der Waals surface area contributed by atoms with Gasteiger partial charge in [0.05, 0.1) is 16.8 Å². The van der Waals surface area contributed by atoms with Crippen LogP contribution in [0.1, 0.15) is 21.6 Å². The molecule has 0 aliphatic carbocycles. The van der Waals surface area contributed by atoms with Crippen LogP contribution in [0.4, 0.5) is 11.5 Å². The normalized spacial score (nSPS) is 9.68. The van der Waals surface area contributed by atoms with Crippen LogP contribution in [0.3, 0.4) is 0 Å². The van der Waals surface area contributed by atoms with E-state index < -0.39 is 5.97 Å². The van der Waals surface area contributed by atoms with Crippen LogP contribution in [0.5, 0.6) is 0 Å². The molecule has 0 aliphatic heterocycles. The summed E-state index contributed by atoms with van der Waals surface area (Å²) in [5.41, 5.74) is 1.82. The van der Waals surface area contributed by atoms with Gasteiger partial charge in [0, 0.05) is 5.69 Å². The van der Waals surface area contributed by atoms with E-state index in [1.165, 1.54) is 12.1 Å². The number of rotatable bonds is 3. The highest BCUT2D eigenvalue weighted by atomic mass is 16.4. The maximum atomic E-state index is 11.0. The summed E-state index contributed by atoms with van der Waals surface area (Å²) in [6.45, 7) is 1.72. The Hall–Kier alpha value is -2.87. The first-order valence-electron chi connectivity index (χ1n) is 5.58. The molecule has 0 unspecified atom stereocenters. The monoisotopic (exact) mass is 253 g/mol. The van der Waals surface area contributed by atoms with E-state index in [2.05, 4.69) is 16.4 Å². The predicted molar refractivity (Wildman–Crippen MR) is 70.4 cm³/mol. The molecule has 0 fully saturated rings. The van der Waals surface area contributed by atoms with E-state index in [-0.39, 0.29) is 5.56 Å². The molecule has 0 amide bonds. The van der Waals surface area contributed by atoms with Crippen molar-refractivity contribution in [2.24, 2.45) is 0 Å². The summed E-state index contributed by atoms with van der Waals surface area (Å²) in [6.07, 6.45) is 0. The van der Waals surface area contributed by atoms with Crippen LogP contribution in [-0.2, 0) is 0 Å². The lowest BCUT2D eigenvalue weighted by Crippen LogP contribution is -2.02. The van der Waals surface area contributed by atoms with Crippen LogP contribution < -0.4 is 5.32 Å². The Balaban J connectivity index is 2.39. The van der Waals surface area contributed by atoms with E-state index in [0.717, 1.165) is 0 Å². The zero-order valence-corrected chi connectivity index (χ0v) is 10.2. The van der Waals surface area contributed by atoms with Crippen molar-refractivity contribution in [3.05, 3.63) is 53.2 Å². The number of nitrogens with zero attached hydrogens (tertiary/aromatic N) is 2. The molecule has 2 rings (SSSR count). The molecule has 0 aliphatic rings. The Kier molecular flexibility index (Phi) is 3.44. The van der Waals surface area contributed by atoms with Crippen molar-refractivity contribution in [1.29, 1.82) is 5.26 Å². The SMILES string of the molecule is Cc1cc(C(=O)O)cc(Nc2ccccc2C#N)n1. The second-order valence-electron chi connectivity index (χ2n) is 3.97. The van der Waals surface area contributed by atoms with Gasteiger partial charge in [-0.15, -0.1) is 0 Å². The summed E-state index contributed by atoms with van der Waals surface area (Å²) in [6, 6.07) is 11.9. The molecular formula is C14H11N3O2. The highest BCUT2D eigenvalue weighted by Gasteiger charge is 2.08. The minimum absolute atomic E-state index is 0.157. The highest BCUT2D eigenvalue weighted by Crippen LogP contribution is 2.20. The number of anilines is 2. The summed E-state index contributed by atoms with van der Waals surface area (Å²) < 4.78 is 0. The third-order valence-electron chi connectivity index (χ3n) is 2.51. The van der Waals surface area contributed by atoms with Gasteiger partial charge in [-0.3, -0.25) is 0 Å². The number of carbonyl (C=O) groups is 1. The molecule has 0 bridgehead atoms. The van der Waals surface area contributed by atoms with Crippen LogP contribution in [-0.4, -0.2) is 16.1 Å². The molecule has 94 valence electrons. The van der Waals surface area contributed by atoms with Crippen LogP contribution >= 0.6 is 0 Å². The second-order valence-corrected chi connectivity index (χ2v) is 3.97. The molecule has 5 nitrogen and oxygen atoms in total. The van der Waals surface area contributed by atoms with E-state index in [4.69, 9.17) is 10.4 Å². The number of para-hydroxylation sites is 1. The fourth-order valence-corrected chi connectivity index (χ4v) is 1.68. The predicted octanol–water partition coefficient (Wildman–Crippen LogP) is 2.70. The van der Waals surface area contributed by atoms with E-state index >= 15 is 0 Å². The lowest BCUT2D eigenvalue weighted by molar-refractivity contribution is 0.0696. The van der Waals surface area contributed by atoms with Crippen molar-refractivity contribution in [2.45, 2.75) is 6.92 Å². The molecule has 2 N–H and O–H groups in total. The smallest absolute Gasteiger partial charge is 0.335 e. The third-order valence-corrected chi connectivity index (χ3v) is 2.51. The van der Waals surface area contributed by atoms with Gasteiger partial charge in [-0.1, -0.05) is 12.1 Å². The van der Waals surface area contributed by atoms with Crippen molar-refractivity contribution in [2.75, 3.05) is 5.32 Å². The topological polar surface area (TPSA) is 86.0 Å². The van der Waals surface area contributed by atoms with E-state index in [9.17, 15) is 4.79 Å². The van der Waals surface area contributed by atoms with Crippen molar-refractivity contribution < 1.29 is 9.90 Å². The molecule has 0 saturated carbocycles. The molecule has 5 heteroatoms. The molecule has 0 atom stereocenters. The number of pyridine rings is 1. The maximum Gasteiger partial charge on any atom is 0.335 e. The Morgan fingerprint density at radius 1 is 1.37 bits per heavy atom. The van der Waals surface area contributed by atoms with Crippen molar-refractivity contribution in [1.82, 2.24) is 4.98 Å².